The number of nitrogens with one attached hydrogen (secondary N) is 2. The molecule has 1 amide bonds. The highest BCUT2D eigenvalue weighted by Crippen LogP contribution is 2.17. The van der Waals surface area contributed by atoms with Gasteiger partial charge in [-0.3, -0.25) is 9.59 Å². The molecule has 22 heavy (non-hydrogen) atoms. The van der Waals surface area contributed by atoms with Crippen LogP contribution in [-0.2, 0) is 14.8 Å². The third-order valence-electron chi connectivity index (χ3n) is 3.03. The quantitative estimate of drug-likeness (QED) is 0.690. The van der Waals surface area contributed by atoms with Gasteiger partial charge in [0, 0.05) is 24.6 Å². The summed E-state index contributed by atoms with van der Waals surface area (Å²) in [5.41, 5.74) is -0.539. The summed E-state index contributed by atoms with van der Waals surface area (Å²) in [5.74, 6) is -1.29. The Bertz CT molecular complexity index is 650. The minimum atomic E-state index is -3.79. The van der Waals surface area contributed by atoms with Gasteiger partial charge in [0.2, 0.25) is 10.0 Å². The van der Waals surface area contributed by atoms with Crippen LogP contribution in [0.3, 0.4) is 0 Å². The van der Waals surface area contributed by atoms with Crippen molar-refractivity contribution in [2.75, 3.05) is 7.05 Å². The fraction of sp³-hybridized carbons (Fsp3) is 0.429. The van der Waals surface area contributed by atoms with Crippen LogP contribution in [0.25, 0.3) is 0 Å². The molecular formula is C14H20N2O5S. The average Bonchev–Trinajstić information content (AvgIpc) is 2.43. The first-order valence-electron chi connectivity index (χ1n) is 6.65. The Morgan fingerprint density at radius 1 is 1.18 bits per heavy atom. The Kier molecular flexibility index (Phi) is 5.67. The van der Waals surface area contributed by atoms with E-state index in [4.69, 9.17) is 5.11 Å². The van der Waals surface area contributed by atoms with E-state index >= 15 is 0 Å². The summed E-state index contributed by atoms with van der Waals surface area (Å²) >= 11 is 0. The summed E-state index contributed by atoms with van der Waals surface area (Å²) < 4.78 is 27.0. The van der Waals surface area contributed by atoms with Crippen LogP contribution in [0.15, 0.2) is 29.2 Å². The summed E-state index contributed by atoms with van der Waals surface area (Å²) in [7, 11) is -2.30. The van der Waals surface area contributed by atoms with Crippen LogP contribution < -0.4 is 10.0 Å². The Labute approximate surface area is 129 Å². The van der Waals surface area contributed by atoms with E-state index in [1.807, 2.05) is 0 Å². The molecule has 0 heterocycles. The van der Waals surface area contributed by atoms with Crippen molar-refractivity contribution in [2.45, 2.75) is 37.1 Å². The number of carbonyl (C=O) groups is 2. The monoisotopic (exact) mass is 328 g/mol. The van der Waals surface area contributed by atoms with Crippen molar-refractivity contribution in [3.8, 4) is 0 Å². The van der Waals surface area contributed by atoms with Crippen molar-refractivity contribution in [3.05, 3.63) is 29.8 Å². The Morgan fingerprint density at radius 3 is 2.18 bits per heavy atom. The van der Waals surface area contributed by atoms with E-state index in [1.165, 1.54) is 31.3 Å². The van der Waals surface area contributed by atoms with Crippen LogP contribution in [-0.4, -0.2) is 38.0 Å². The van der Waals surface area contributed by atoms with Crippen molar-refractivity contribution in [2.24, 2.45) is 0 Å². The molecule has 0 aliphatic carbocycles. The molecule has 0 bridgehead atoms. The van der Waals surface area contributed by atoms with Gasteiger partial charge in [0.05, 0.1) is 4.90 Å². The Hall–Kier alpha value is -1.93. The Morgan fingerprint density at radius 2 is 1.73 bits per heavy atom. The molecule has 8 heteroatoms. The molecule has 1 aromatic carbocycles. The summed E-state index contributed by atoms with van der Waals surface area (Å²) in [6.45, 7) is 3.23. The van der Waals surface area contributed by atoms with E-state index in [2.05, 4.69) is 10.0 Å². The van der Waals surface area contributed by atoms with Gasteiger partial charge in [0.15, 0.2) is 0 Å². The number of aliphatic carboxylic acids is 1. The standard InChI is InChI=1S/C14H20N2O5S/c1-14(2,9-8-12(17)18)16-22(20,21)11-6-4-10(5-7-11)13(19)15-3/h4-7,16H,8-9H2,1-3H3,(H,15,19)(H,17,18). The highest BCUT2D eigenvalue weighted by atomic mass is 32.2. The highest BCUT2D eigenvalue weighted by Gasteiger charge is 2.26. The van der Waals surface area contributed by atoms with Gasteiger partial charge < -0.3 is 10.4 Å². The molecule has 7 nitrogen and oxygen atoms in total. The van der Waals surface area contributed by atoms with Gasteiger partial charge in [0.25, 0.3) is 5.91 Å². The van der Waals surface area contributed by atoms with Crippen LogP contribution in [0.2, 0.25) is 0 Å². The lowest BCUT2D eigenvalue weighted by atomic mass is 10.0. The topological polar surface area (TPSA) is 113 Å². The van der Waals surface area contributed by atoms with Gasteiger partial charge in [-0.2, -0.15) is 0 Å². The first-order chi connectivity index (χ1) is 10.1. The molecule has 0 saturated carbocycles. The number of hydrogen-bond acceptors (Lipinski definition) is 4. The first-order valence-corrected chi connectivity index (χ1v) is 8.14. The third-order valence-corrected chi connectivity index (χ3v) is 4.74. The highest BCUT2D eigenvalue weighted by molar-refractivity contribution is 7.89. The summed E-state index contributed by atoms with van der Waals surface area (Å²) in [6.07, 6.45) is 0.0308. The van der Waals surface area contributed by atoms with Gasteiger partial charge in [-0.15, -0.1) is 0 Å². The molecule has 0 unspecified atom stereocenters. The normalized spacial score (nSPS) is 12.0. The van der Waals surface area contributed by atoms with Gasteiger partial charge in [-0.1, -0.05) is 0 Å². The van der Waals surface area contributed by atoms with Crippen LogP contribution in [0.4, 0.5) is 0 Å². The van der Waals surface area contributed by atoms with Crippen molar-refractivity contribution in [3.63, 3.8) is 0 Å². The van der Waals surface area contributed by atoms with Crippen LogP contribution in [0.5, 0.6) is 0 Å². The molecule has 0 radical (unpaired) electrons. The maximum Gasteiger partial charge on any atom is 0.303 e. The molecular weight excluding hydrogens is 308 g/mol. The second kappa shape index (κ2) is 6.89. The molecule has 1 rings (SSSR count). The smallest absolute Gasteiger partial charge is 0.303 e. The predicted octanol–water partition coefficient (Wildman–Crippen LogP) is 0.968. The number of hydrogen-bond donors (Lipinski definition) is 3. The number of carbonyl (C=O) groups excluding carboxylic acids is 1. The van der Waals surface area contributed by atoms with Gasteiger partial charge in [-0.25, -0.2) is 13.1 Å². The minimum Gasteiger partial charge on any atom is -0.481 e. The van der Waals surface area contributed by atoms with Crippen molar-refractivity contribution in [1.82, 2.24) is 10.0 Å². The molecule has 0 aliphatic heterocycles. The maximum atomic E-state index is 12.3. The Balaban J connectivity index is 2.90. The predicted molar refractivity (Wildman–Crippen MR) is 81.1 cm³/mol. The second-order valence-corrected chi connectivity index (χ2v) is 7.17. The largest absolute Gasteiger partial charge is 0.481 e. The SMILES string of the molecule is CNC(=O)c1ccc(S(=O)(=O)NC(C)(C)CCC(=O)O)cc1. The summed E-state index contributed by atoms with van der Waals surface area (Å²) in [6, 6.07) is 5.50. The number of sulfonamides is 1. The van der Waals surface area contributed by atoms with Crippen molar-refractivity contribution in [1.29, 1.82) is 0 Å². The van der Waals surface area contributed by atoms with E-state index in [0.29, 0.717) is 5.56 Å². The van der Waals surface area contributed by atoms with E-state index in [1.54, 1.807) is 13.8 Å². The van der Waals surface area contributed by atoms with Crippen molar-refractivity contribution < 1.29 is 23.1 Å². The molecule has 0 atom stereocenters. The van der Waals surface area contributed by atoms with Gasteiger partial charge >= 0.3 is 5.97 Å². The minimum absolute atomic E-state index is 0.0172. The van der Waals surface area contributed by atoms with E-state index < -0.39 is 21.5 Å². The zero-order valence-electron chi connectivity index (χ0n) is 12.7. The zero-order chi connectivity index (χ0) is 17.0. The molecule has 3 N–H and O–H groups in total. The second-order valence-electron chi connectivity index (χ2n) is 5.49. The number of amides is 1. The zero-order valence-corrected chi connectivity index (χ0v) is 13.5. The van der Waals surface area contributed by atoms with E-state index in [9.17, 15) is 18.0 Å². The first kappa shape index (κ1) is 18.1. The molecule has 1 aromatic rings. The molecule has 0 fully saturated rings. The number of benzene rings is 1. The molecule has 122 valence electrons. The van der Waals surface area contributed by atoms with Crippen LogP contribution in [0.1, 0.15) is 37.0 Å². The van der Waals surface area contributed by atoms with E-state index in [0.717, 1.165) is 0 Å². The third kappa shape index (κ3) is 5.12. The van der Waals surface area contributed by atoms with Gasteiger partial charge in [-0.05, 0) is 44.5 Å². The maximum absolute atomic E-state index is 12.3. The van der Waals surface area contributed by atoms with Gasteiger partial charge in [0.1, 0.15) is 0 Å². The molecule has 0 spiro atoms. The van der Waals surface area contributed by atoms with E-state index in [-0.39, 0.29) is 23.6 Å². The molecule has 0 aromatic heterocycles. The fourth-order valence-electron chi connectivity index (χ4n) is 1.82. The van der Waals surface area contributed by atoms with Crippen LogP contribution >= 0.6 is 0 Å². The summed E-state index contributed by atoms with van der Waals surface area (Å²) in [5, 5.41) is 11.1. The lowest BCUT2D eigenvalue weighted by Crippen LogP contribution is -2.43. The number of rotatable bonds is 7. The fourth-order valence-corrected chi connectivity index (χ4v) is 3.26. The lowest BCUT2D eigenvalue weighted by Gasteiger charge is -2.25. The summed E-state index contributed by atoms with van der Waals surface area (Å²) in [4.78, 5) is 22.0. The average molecular weight is 328 g/mol. The lowest BCUT2D eigenvalue weighted by molar-refractivity contribution is -0.137. The van der Waals surface area contributed by atoms with Crippen molar-refractivity contribution >= 4 is 21.9 Å². The molecule has 0 aliphatic rings. The molecule has 0 saturated heterocycles. The number of carboxylic acid groups (broad SMARTS) is 1. The number of carboxylic acids is 1. The van der Waals surface area contributed by atoms with Crippen LogP contribution in [0, 0.1) is 0 Å².